The van der Waals surface area contributed by atoms with Crippen molar-refractivity contribution in [1.29, 1.82) is 0 Å². The van der Waals surface area contributed by atoms with Crippen molar-refractivity contribution in [2.24, 2.45) is 0 Å². The minimum atomic E-state index is -0.00717. The molecule has 118 valence electrons. The summed E-state index contributed by atoms with van der Waals surface area (Å²) in [6, 6.07) is 2.31. The number of nitrogens with zero attached hydrogens (tertiary/aromatic N) is 1. The van der Waals surface area contributed by atoms with Crippen molar-refractivity contribution in [3.05, 3.63) is 22.4 Å². The van der Waals surface area contributed by atoms with Gasteiger partial charge in [0.05, 0.1) is 12.6 Å². The molecule has 1 aliphatic rings. The Kier molecular flexibility index (Phi) is 6.39. The molecule has 1 saturated heterocycles. The second kappa shape index (κ2) is 8.06. The number of hydrogen-bond donors (Lipinski definition) is 1. The number of thiophene rings is 1. The second-order valence-corrected chi connectivity index (χ2v) is 7.29. The largest absolute Gasteiger partial charge is 0.367 e. The fourth-order valence-corrected chi connectivity index (χ4v) is 3.72. The van der Waals surface area contributed by atoms with E-state index in [0.29, 0.717) is 13.1 Å². The van der Waals surface area contributed by atoms with Gasteiger partial charge in [0.2, 0.25) is 0 Å². The predicted octanol–water partition coefficient (Wildman–Crippen LogP) is 3.36. The number of nitrogens with one attached hydrogen (secondary N) is 1. The molecule has 1 aromatic heterocycles. The van der Waals surface area contributed by atoms with Crippen LogP contribution < -0.4 is 5.32 Å². The van der Waals surface area contributed by atoms with Crippen molar-refractivity contribution in [2.45, 2.75) is 38.5 Å². The Bertz CT molecular complexity index is 439. The van der Waals surface area contributed by atoms with Gasteiger partial charge in [0.25, 0.3) is 0 Å². The quantitative estimate of drug-likeness (QED) is 0.901. The van der Waals surface area contributed by atoms with E-state index < -0.39 is 0 Å². The number of morpholine rings is 1. The monoisotopic (exact) mass is 328 g/mol. The van der Waals surface area contributed by atoms with Crippen molar-refractivity contribution >= 4 is 29.1 Å². The van der Waals surface area contributed by atoms with Crippen molar-refractivity contribution in [3.8, 4) is 0 Å². The average Bonchev–Trinajstić information content (AvgIpc) is 2.98. The smallest absolute Gasteiger partial charge is 0.317 e. The maximum Gasteiger partial charge on any atom is 0.317 e. The molecular weight excluding hydrogens is 304 g/mol. The molecule has 0 bridgehead atoms. The number of ether oxygens (including phenoxy) is 1. The summed E-state index contributed by atoms with van der Waals surface area (Å²) in [5.41, 5.74) is 1.17. The van der Waals surface area contributed by atoms with Crippen LogP contribution in [0, 0.1) is 0 Å². The van der Waals surface area contributed by atoms with Gasteiger partial charge in [-0.05, 0) is 54.7 Å². The molecule has 0 aromatic carbocycles. The number of urea groups is 1. The van der Waals surface area contributed by atoms with Crippen LogP contribution in [0.2, 0.25) is 0 Å². The molecule has 1 aliphatic heterocycles. The maximum absolute atomic E-state index is 12.4. The highest BCUT2D eigenvalue weighted by atomic mass is 32.2. The Morgan fingerprint density at radius 3 is 3.10 bits per heavy atom. The highest BCUT2D eigenvalue weighted by Gasteiger charge is 2.29. The number of amides is 2. The van der Waals surface area contributed by atoms with E-state index in [1.807, 2.05) is 29.0 Å². The first-order valence-electron chi connectivity index (χ1n) is 7.32. The summed E-state index contributed by atoms with van der Waals surface area (Å²) < 4.78 is 5.96. The lowest BCUT2D eigenvalue weighted by Crippen LogP contribution is -2.51. The van der Waals surface area contributed by atoms with E-state index in [0.717, 1.165) is 12.2 Å². The van der Waals surface area contributed by atoms with Crippen molar-refractivity contribution in [2.75, 3.05) is 25.1 Å². The van der Waals surface area contributed by atoms with E-state index in [2.05, 4.69) is 29.9 Å². The van der Waals surface area contributed by atoms with Gasteiger partial charge >= 0.3 is 6.03 Å². The molecule has 0 unspecified atom stereocenters. The van der Waals surface area contributed by atoms with Crippen LogP contribution in [-0.4, -0.2) is 48.2 Å². The van der Waals surface area contributed by atoms with Crippen LogP contribution in [0.4, 0.5) is 4.79 Å². The first-order chi connectivity index (χ1) is 10.1. The molecule has 3 atom stereocenters. The SMILES string of the molecule is CSCC[C@H](C)NC(=O)N1C[C@H](C)O[C@@H](c2ccsc2)C1. The summed E-state index contributed by atoms with van der Waals surface area (Å²) in [4.78, 5) is 14.3. The fourth-order valence-electron chi connectivity index (χ4n) is 2.43. The topological polar surface area (TPSA) is 41.6 Å². The number of carbonyl (C=O) groups is 1. The Balaban J connectivity index is 1.91. The third-order valence-electron chi connectivity index (χ3n) is 3.59. The molecule has 6 heteroatoms. The highest BCUT2D eigenvalue weighted by Crippen LogP contribution is 2.26. The van der Waals surface area contributed by atoms with Crippen LogP contribution in [-0.2, 0) is 4.74 Å². The molecule has 1 N–H and O–H groups in total. The molecule has 1 aromatic rings. The molecule has 0 radical (unpaired) electrons. The Hall–Kier alpha value is -0.720. The van der Waals surface area contributed by atoms with Crippen LogP contribution in [0.1, 0.15) is 31.9 Å². The van der Waals surface area contributed by atoms with Gasteiger partial charge in [-0.25, -0.2) is 4.79 Å². The third-order valence-corrected chi connectivity index (χ3v) is 4.93. The summed E-state index contributed by atoms with van der Waals surface area (Å²) in [6.45, 7) is 5.37. The predicted molar refractivity (Wildman–Crippen MR) is 90.2 cm³/mol. The van der Waals surface area contributed by atoms with E-state index in [9.17, 15) is 4.79 Å². The van der Waals surface area contributed by atoms with Crippen LogP contribution in [0.5, 0.6) is 0 Å². The lowest BCUT2D eigenvalue weighted by Gasteiger charge is -2.37. The summed E-state index contributed by atoms with van der Waals surface area (Å²) in [7, 11) is 0. The minimum absolute atomic E-state index is 0.00717. The molecule has 2 heterocycles. The van der Waals surface area contributed by atoms with Gasteiger partial charge in [-0.2, -0.15) is 23.1 Å². The third kappa shape index (κ3) is 4.90. The molecule has 4 nitrogen and oxygen atoms in total. The van der Waals surface area contributed by atoms with Gasteiger partial charge in [-0.3, -0.25) is 0 Å². The van der Waals surface area contributed by atoms with Crippen LogP contribution in [0.25, 0.3) is 0 Å². The molecule has 0 spiro atoms. The van der Waals surface area contributed by atoms with E-state index in [1.54, 1.807) is 11.3 Å². The molecule has 2 rings (SSSR count). The summed E-state index contributed by atoms with van der Waals surface area (Å²) in [5.74, 6) is 1.07. The zero-order valence-electron chi connectivity index (χ0n) is 12.9. The molecule has 0 aliphatic carbocycles. The molecular formula is C15H24N2O2S2. The van der Waals surface area contributed by atoms with Gasteiger partial charge in [-0.1, -0.05) is 0 Å². The van der Waals surface area contributed by atoms with E-state index in [1.165, 1.54) is 5.56 Å². The van der Waals surface area contributed by atoms with Crippen molar-refractivity contribution in [1.82, 2.24) is 10.2 Å². The van der Waals surface area contributed by atoms with Crippen molar-refractivity contribution in [3.63, 3.8) is 0 Å². The standard InChI is InChI=1S/C15H24N2O2S2/c1-11(4-6-20-3)16-15(18)17-8-12(2)19-14(9-17)13-5-7-21-10-13/h5,7,10-12,14H,4,6,8-9H2,1-3H3,(H,16,18)/t11-,12-,14+/m0/s1. The van der Waals surface area contributed by atoms with E-state index in [4.69, 9.17) is 4.74 Å². The Morgan fingerprint density at radius 2 is 2.43 bits per heavy atom. The fraction of sp³-hybridized carbons (Fsp3) is 0.667. The number of hydrogen-bond acceptors (Lipinski definition) is 4. The molecule has 0 saturated carbocycles. The van der Waals surface area contributed by atoms with Crippen LogP contribution in [0.15, 0.2) is 16.8 Å². The normalized spacial score (nSPS) is 23.9. The number of thioether (sulfide) groups is 1. The summed E-state index contributed by atoms with van der Waals surface area (Å²) >= 11 is 3.47. The highest BCUT2D eigenvalue weighted by molar-refractivity contribution is 7.98. The summed E-state index contributed by atoms with van der Waals surface area (Å²) in [6.07, 6.45) is 3.15. The van der Waals surface area contributed by atoms with Gasteiger partial charge in [0.15, 0.2) is 0 Å². The molecule has 2 amide bonds. The lowest BCUT2D eigenvalue weighted by molar-refractivity contribution is -0.0656. The first-order valence-corrected chi connectivity index (χ1v) is 9.65. The molecule has 21 heavy (non-hydrogen) atoms. The number of rotatable bonds is 5. The Morgan fingerprint density at radius 1 is 1.62 bits per heavy atom. The second-order valence-electron chi connectivity index (χ2n) is 5.53. The zero-order chi connectivity index (χ0) is 15.2. The number of carbonyl (C=O) groups excluding carboxylic acids is 1. The van der Waals surface area contributed by atoms with Gasteiger partial charge < -0.3 is 15.0 Å². The van der Waals surface area contributed by atoms with Crippen LogP contribution in [0.3, 0.4) is 0 Å². The first kappa shape index (κ1) is 16.6. The van der Waals surface area contributed by atoms with E-state index >= 15 is 0 Å². The minimum Gasteiger partial charge on any atom is -0.367 e. The lowest BCUT2D eigenvalue weighted by atomic mass is 10.1. The zero-order valence-corrected chi connectivity index (χ0v) is 14.5. The Labute approximate surface area is 135 Å². The van der Waals surface area contributed by atoms with Crippen molar-refractivity contribution < 1.29 is 9.53 Å². The van der Waals surface area contributed by atoms with Gasteiger partial charge in [0, 0.05) is 12.6 Å². The van der Waals surface area contributed by atoms with Gasteiger partial charge in [-0.15, -0.1) is 0 Å². The summed E-state index contributed by atoms with van der Waals surface area (Å²) in [5, 5.41) is 7.24. The van der Waals surface area contributed by atoms with E-state index in [-0.39, 0.29) is 24.3 Å². The van der Waals surface area contributed by atoms with Gasteiger partial charge in [0.1, 0.15) is 6.10 Å². The average molecular weight is 329 g/mol. The maximum atomic E-state index is 12.4. The van der Waals surface area contributed by atoms with Crippen LogP contribution >= 0.6 is 23.1 Å². The molecule has 1 fully saturated rings.